The second-order valence-electron chi connectivity index (χ2n) is 5.47. The van der Waals surface area contributed by atoms with E-state index >= 15 is 0 Å². The lowest BCUT2D eigenvalue weighted by atomic mass is 9.98. The van der Waals surface area contributed by atoms with E-state index in [-0.39, 0.29) is 6.04 Å². The molecule has 0 bridgehead atoms. The molecule has 106 valence electrons. The molecule has 4 heteroatoms. The average molecular weight is 278 g/mol. The van der Waals surface area contributed by atoms with Crippen LogP contribution >= 0.6 is 0 Å². The molecule has 1 unspecified atom stereocenters. The molecule has 0 saturated heterocycles. The van der Waals surface area contributed by atoms with Gasteiger partial charge in [0, 0.05) is 11.9 Å². The van der Waals surface area contributed by atoms with Gasteiger partial charge in [0.15, 0.2) is 0 Å². The maximum atomic E-state index is 8.83. The highest BCUT2D eigenvalue weighted by Crippen LogP contribution is 2.22. The molecule has 0 amide bonds. The van der Waals surface area contributed by atoms with Crippen molar-refractivity contribution in [2.45, 2.75) is 38.6 Å². The molecule has 1 aromatic carbocycles. The number of nitrogens with zero attached hydrogens (tertiary/aromatic N) is 3. The molecule has 0 fully saturated rings. The summed E-state index contributed by atoms with van der Waals surface area (Å²) < 4.78 is 0. The van der Waals surface area contributed by atoms with Crippen molar-refractivity contribution in [1.82, 2.24) is 9.97 Å². The van der Waals surface area contributed by atoms with Gasteiger partial charge in [-0.3, -0.25) is 0 Å². The first-order chi connectivity index (χ1) is 10.3. The van der Waals surface area contributed by atoms with Gasteiger partial charge in [-0.05, 0) is 55.9 Å². The molecule has 0 aliphatic heterocycles. The smallest absolute Gasteiger partial charge is 0.223 e. The van der Waals surface area contributed by atoms with Gasteiger partial charge in [0.05, 0.1) is 17.7 Å². The summed E-state index contributed by atoms with van der Waals surface area (Å²) in [5.74, 6) is 0.688. The summed E-state index contributed by atoms with van der Waals surface area (Å²) >= 11 is 0. The molecule has 0 spiro atoms. The van der Waals surface area contributed by atoms with Crippen molar-refractivity contribution in [3.05, 3.63) is 52.8 Å². The van der Waals surface area contributed by atoms with Crippen LogP contribution in [0.25, 0.3) is 0 Å². The summed E-state index contributed by atoms with van der Waals surface area (Å²) in [5.41, 5.74) is 4.27. The van der Waals surface area contributed by atoms with Gasteiger partial charge in [0.1, 0.15) is 0 Å². The van der Waals surface area contributed by atoms with Crippen LogP contribution in [0.2, 0.25) is 0 Å². The number of aryl methyl sites for hydroxylation is 2. The van der Waals surface area contributed by atoms with Gasteiger partial charge in [0.2, 0.25) is 5.95 Å². The van der Waals surface area contributed by atoms with Crippen molar-refractivity contribution in [1.29, 1.82) is 5.26 Å². The maximum absolute atomic E-state index is 8.83. The highest BCUT2D eigenvalue weighted by Gasteiger charge is 2.13. The highest BCUT2D eigenvalue weighted by atomic mass is 15.1. The zero-order valence-corrected chi connectivity index (χ0v) is 12.1. The molecule has 1 aromatic heterocycles. The number of benzene rings is 1. The molecule has 1 N–H and O–H groups in total. The molecular weight excluding hydrogens is 260 g/mol. The molecule has 0 radical (unpaired) electrons. The summed E-state index contributed by atoms with van der Waals surface area (Å²) in [4.78, 5) is 9.05. The van der Waals surface area contributed by atoms with E-state index in [9.17, 15) is 0 Å². The first-order valence-corrected chi connectivity index (χ1v) is 7.37. The van der Waals surface area contributed by atoms with Gasteiger partial charge in [-0.25, -0.2) is 9.97 Å². The van der Waals surface area contributed by atoms with Crippen molar-refractivity contribution in [3.63, 3.8) is 0 Å². The van der Waals surface area contributed by atoms with Crippen molar-refractivity contribution in [2.75, 3.05) is 5.32 Å². The lowest BCUT2D eigenvalue weighted by molar-refractivity contribution is 0.661. The summed E-state index contributed by atoms with van der Waals surface area (Å²) in [6.07, 6.45) is 6.56. The van der Waals surface area contributed by atoms with Crippen LogP contribution in [0.3, 0.4) is 0 Å². The number of fused-ring (bicyclic) bond motifs is 1. The minimum Gasteiger partial charge on any atom is -0.348 e. The monoisotopic (exact) mass is 278 g/mol. The summed E-state index contributed by atoms with van der Waals surface area (Å²) in [7, 11) is 0. The van der Waals surface area contributed by atoms with Crippen molar-refractivity contribution in [3.8, 4) is 6.07 Å². The lowest BCUT2D eigenvalue weighted by Crippen LogP contribution is -2.13. The van der Waals surface area contributed by atoms with E-state index in [0.29, 0.717) is 11.5 Å². The van der Waals surface area contributed by atoms with Gasteiger partial charge in [0.25, 0.3) is 0 Å². The molecule has 3 rings (SSSR count). The van der Waals surface area contributed by atoms with Gasteiger partial charge in [-0.2, -0.15) is 5.26 Å². The lowest BCUT2D eigenvalue weighted by Gasteiger charge is -2.18. The zero-order chi connectivity index (χ0) is 14.7. The minimum absolute atomic E-state index is 0.111. The third kappa shape index (κ3) is 3.03. The number of hydrogen-bond acceptors (Lipinski definition) is 4. The van der Waals surface area contributed by atoms with Crippen molar-refractivity contribution >= 4 is 5.95 Å². The fourth-order valence-corrected chi connectivity index (χ4v) is 2.67. The molecule has 1 aliphatic carbocycles. The Morgan fingerprint density at radius 2 is 1.95 bits per heavy atom. The van der Waals surface area contributed by atoms with Gasteiger partial charge in [-0.1, -0.05) is 12.1 Å². The predicted octanol–water partition coefficient (Wildman–Crippen LogP) is 3.40. The molecule has 21 heavy (non-hydrogen) atoms. The Kier molecular flexibility index (Phi) is 3.83. The Bertz CT molecular complexity index is 670. The quantitative estimate of drug-likeness (QED) is 0.934. The molecule has 1 heterocycles. The van der Waals surface area contributed by atoms with Gasteiger partial charge in [-0.15, -0.1) is 0 Å². The third-order valence-electron chi connectivity index (χ3n) is 3.95. The Morgan fingerprint density at radius 1 is 1.19 bits per heavy atom. The molecule has 2 aromatic rings. The standard InChI is InChI=1S/C17H18N4/c1-12(14-8-6-13(10-18)7-9-14)20-17-19-11-15-4-2-3-5-16(15)21-17/h6-9,11-12H,2-5H2,1H3,(H,19,20,21). The Balaban J connectivity index is 1.74. The van der Waals surface area contributed by atoms with Crippen LogP contribution in [0.5, 0.6) is 0 Å². The Labute approximate surface area is 124 Å². The fraction of sp³-hybridized carbons (Fsp3) is 0.353. The molecule has 1 atom stereocenters. The fourth-order valence-electron chi connectivity index (χ4n) is 2.67. The number of nitrogens with one attached hydrogen (secondary N) is 1. The normalized spacial score (nSPS) is 14.9. The van der Waals surface area contributed by atoms with Crippen molar-refractivity contribution < 1.29 is 0 Å². The number of anilines is 1. The van der Waals surface area contributed by atoms with E-state index in [1.165, 1.54) is 24.1 Å². The van der Waals surface area contributed by atoms with E-state index in [2.05, 4.69) is 28.3 Å². The van der Waals surface area contributed by atoms with E-state index in [4.69, 9.17) is 5.26 Å². The first kappa shape index (κ1) is 13.6. The minimum atomic E-state index is 0.111. The van der Waals surface area contributed by atoms with Crippen LogP contribution in [0.1, 0.15) is 48.2 Å². The second-order valence-corrected chi connectivity index (χ2v) is 5.47. The number of hydrogen-bond donors (Lipinski definition) is 1. The van der Waals surface area contributed by atoms with Crippen LogP contribution in [0.4, 0.5) is 5.95 Å². The van der Waals surface area contributed by atoms with E-state index in [1.807, 2.05) is 30.5 Å². The Hall–Kier alpha value is -2.41. The summed E-state index contributed by atoms with van der Waals surface area (Å²) in [6.45, 7) is 2.07. The van der Waals surface area contributed by atoms with E-state index in [0.717, 1.165) is 18.4 Å². The molecule has 0 saturated carbocycles. The van der Waals surface area contributed by atoms with Crippen LogP contribution in [0, 0.1) is 11.3 Å². The first-order valence-electron chi connectivity index (χ1n) is 7.37. The third-order valence-corrected chi connectivity index (χ3v) is 3.95. The number of aromatic nitrogens is 2. The number of nitriles is 1. The second kappa shape index (κ2) is 5.92. The summed E-state index contributed by atoms with van der Waals surface area (Å²) in [5, 5.41) is 12.2. The van der Waals surface area contributed by atoms with Crippen LogP contribution in [-0.2, 0) is 12.8 Å². The van der Waals surface area contributed by atoms with Crippen LogP contribution in [-0.4, -0.2) is 9.97 Å². The largest absolute Gasteiger partial charge is 0.348 e. The predicted molar refractivity (Wildman–Crippen MR) is 81.9 cm³/mol. The summed E-state index contributed by atoms with van der Waals surface area (Å²) in [6, 6.07) is 9.85. The average Bonchev–Trinajstić information content (AvgIpc) is 2.55. The van der Waals surface area contributed by atoms with Crippen LogP contribution < -0.4 is 5.32 Å². The van der Waals surface area contributed by atoms with Gasteiger partial charge >= 0.3 is 0 Å². The molecular formula is C17H18N4. The highest BCUT2D eigenvalue weighted by molar-refractivity contribution is 5.37. The van der Waals surface area contributed by atoms with E-state index in [1.54, 1.807) is 0 Å². The Morgan fingerprint density at radius 3 is 2.71 bits per heavy atom. The molecule has 1 aliphatic rings. The van der Waals surface area contributed by atoms with E-state index < -0.39 is 0 Å². The molecule has 4 nitrogen and oxygen atoms in total. The topological polar surface area (TPSA) is 61.6 Å². The van der Waals surface area contributed by atoms with Gasteiger partial charge < -0.3 is 5.32 Å². The SMILES string of the molecule is CC(Nc1ncc2c(n1)CCCC2)c1ccc(C#N)cc1. The van der Waals surface area contributed by atoms with Crippen LogP contribution in [0.15, 0.2) is 30.5 Å². The maximum Gasteiger partial charge on any atom is 0.223 e. The number of rotatable bonds is 3. The zero-order valence-electron chi connectivity index (χ0n) is 12.1. The van der Waals surface area contributed by atoms with Crippen molar-refractivity contribution in [2.24, 2.45) is 0 Å².